The quantitative estimate of drug-likeness (QED) is 0.545. The summed E-state index contributed by atoms with van der Waals surface area (Å²) in [4.78, 5) is 12.1. The predicted molar refractivity (Wildman–Crippen MR) is 93.1 cm³/mol. The molecule has 0 unspecified atom stereocenters. The molecule has 0 aromatic heterocycles. The van der Waals surface area contributed by atoms with Crippen LogP contribution in [-0.2, 0) is 14.8 Å². The number of ether oxygens (including phenoxy) is 4. The third-order valence-electron chi connectivity index (χ3n) is 3.32. The largest absolute Gasteiger partial charge is 0.497 e. The number of nitrogens with two attached hydrogens (primary N) is 1. The molecule has 2 rings (SSSR count). The van der Waals surface area contributed by atoms with Gasteiger partial charge in [0.05, 0.1) is 24.7 Å². The van der Waals surface area contributed by atoms with Crippen LogP contribution in [0, 0.1) is 0 Å². The van der Waals surface area contributed by atoms with E-state index in [1.165, 1.54) is 50.6 Å². The number of carbonyl (C=O) groups is 1. The molecule has 2 aromatic carbocycles. The molecule has 0 fully saturated rings. The molecule has 9 heteroatoms. The van der Waals surface area contributed by atoms with Crippen molar-refractivity contribution in [2.75, 3.05) is 27.4 Å². The molecule has 0 atom stereocenters. The summed E-state index contributed by atoms with van der Waals surface area (Å²) in [6.45, 7) is 0.108. The van der Waals surface area contributed by atoms with Crippen molar-refractivity contribution >= 4 is 16.0 Å². The van der Waals surface area contributed by atoms with Gasteiger partial charge in [0.15, 0.2) is 0 Å². The van der Waals surface area contributed by atoms with Gasteiger partial charge in [-0.1, -0.05) is 0 Å². The zero-order chi connectivity index (χ0) is 19.2. The Bertz CT molecular complexity index is 841. The third-order valence-corrected chi connectivity index (χ3v) is 4.25. The van der Waals surface area contributed by atoms with E-state index in [1.807, 2.05) is 0 Å². The summed E-state index contributed by atoms with van der Waals surface area (Å²) in [6, 6.07) is 10.3. The van der Waals surface area contributed by atoms with E-state index in [-0.39, 0.29) is 18.1 Å². The highest BCUT2D eigenvalue weighted by atomic mass is 32.2. The van der Waals surface area contributed by atoms with Gasteiger partial charge in [-0.2, -0.15) is 0 Å². The zero-order valence-corrected chi connectivity index (χ0v) is 15.1. The Labute approximate surface area is 151 Å². The summed E-state index contributed by atoms with van der Waals surface area (Å²) in [5, 5.41) is 5.01. The van der Waals surface area contributed by atoms with Crippen LogP contribution in [0.25, 0.3) is 0 Å². The second kappa shape index (κ2) is 8.54. The van der Waals surface area contributed by atoms with Crippen LogP contribution in [0.5, 0.6) is 17.2 Å². The minimum atomic E-state index is -3.74. The molecule has 140 valence electrons. The lowest BCUT2D eigenvalue weighted by Crippen LogP contribution is -2.13. The van der Waals surface area contributed by atoms with Crippen LogP contribution in [0.4, 0.5) is 0 Å². The van der Waals surface area contributed by atoms with Crippen molar-refractivity contribution in [1.29, 1.82) is 0 Å². The number of hydrogen-bond acceptors (Lipinski definition) is 7. The minimum absolute atomic E-state index is 0.00922. The van der Waals surface area contributed by atoms with Gasteiger partial charge in [0, 0.05) is 6.07 Å². The van der Waals surface area contributed by atoms with Gasteiger partial charge in [-0.3, -0.25) is 0 Å². The molecule has 0 amide bonds. The molecule has 2 N–H and O–H groups in total. The van der Waals surface area contributed by atoms with E-state index >= 15 is 0 Å². The Kier molecular flexibility index (Phi) is 6.42. The summed E-state index contributed by atoms with van der Waals surface area (Å²) in [5.74, 6) is 0.830. The average molecular weight is 381 g/mol. The van der Waals surface area contributed by atoms with E-state index in [4.69, 9.17) is 24.1 Å². The first kappa shape index (κ1) is 19.5. The second-order valence-electron chi connectivity index (χ2n) is 5.10. The second-order valence-corrected chi connectivity index (χ2v) is 6.66. The van der Waals surface area contributed by atoms with Gasteiger partial charge in [-0.15, -0.1) is 0 Å². The van der Waals surface area contributed by atoms with E-state index in [0.717, 1.165) is 0 Å². The molecule has 0 saturated carbocycles. The fraction of sp³-hybridized carbons (Fsp3) is 0.235. The van der Waals surface area contributed by atoms with Crippen LogP contribution in [0.1, 0.15) is 10.4 Å². The summed E-state index contributed by atoms with van der Waals surface area (Å²) < 4.78 is 43.1. The van der Waals surface area contributed by atoms with E-state index < -0.39 is 16.0 Å². The smallest absolute Gasteiger partial charge is 0.338 e. The van der Waals surface area contributed by atoms with Crippen LogP contribution in [0.3, 0.4) is 0 Å². The van der Waals surface area contributed by atoms with Crippen molar-refractivity contribution in [3.05, 3.63) is 48.0 Å². The molecular weight excluding hydrogens is 362 g/mol. The Hall–Kier alpha value is -2.78. The lowest BCUT2D eigenvalue weighted by Gasteiger charge is -2.10. The number of rotatable bonds is 8. The van der Waals surface area contributed by atoms with Gasteiger partial charge in [0.25, 0.3) is 0 Å². The monoisotopic (exact) mass is 381 g/mol. The highest BCUT2D eigenvalue weighted by Crippen LogP contribution is 2.23. The molecule has 0 aliphatic rings. The van der Waals surface area contributed by atoms with Gasteiger partial charge < -0.3 is 18.9 Å². The fourth-order valence-electron chi connectivity index (χ4n) is 2.03. The van der Waals surface area contributed by atoms with Gasteiger partial charge in [-0.05, 0) is 36.4 Å². The van der Waals surface area contributed by atoms with Crippen molar-refractivity contribution < 1.29 is 32.2 Å². The SMILES string of the molecule is COc1cc(OC)cc(C(=O)OCCOc2ccc(S(N)(=O)=O)cc2)c1. The number of benzene rings is 2. The van der Waals surface area contributed by atoms with E-state index in [1.54, 1.807) is 6.07 Å². The van der Waals surface area contributed by atoms with Crippen molar-refractivity contribution in [3.8, 4) is 17.2 Å². The number of sulfonamides is 1. The van der Waals surface area contributed by atoms with Crippen LogP contribution in [0.2, 0.25) is 0 Å². The summed E-state index contributed by atoms with van der Waals surface area (Å²) in [6.07, 6.45) is 0. The molecule has 0 aliphatic carbocycles. The Morgan fingerprint density at radius 1 is 0.923 bits per heavy atom. The molecule has 0 aliphatic heterocycles. The van der Waals surface area contributed by atoms with Crippen molar-refractivity contribution in [1.82, 2.24) is 0 Å². The summed E-state index contributed by atoms with van der Waals surface area (Å²) in [5.41, 5.74) is 0.290. The highest BCUT2D eigenvalue weighted by Gasteiger charge is 2.11. The number of primary sulfonamides is 1. The first-order valence-corrected chi connectivity index (χ1v) is 9.04. The molecule has 0 heterocycles. The normalized spacial score (nSPS) is 10.9. The van der Waals surface area contributed by atoms with Crippen molar-refractivity contribution in [2.45, 2.75) is 4.90 Å². The van der Waals surface area contributed by atoms with Crippen LogP contribution >= 0.6 is 0 Å². The maximum absolute atomic E-state index is 12.1. The zero-order valence-electron chi connectivity index (χ0n) is 14.3. The maximum Gasteiger partial charge on any atom is 0.338 e. The fourth-order valence-corrected chi connectivity index (χ4v) is 2.54. The molecule has 26 heavy (non-hydrogen) atoms. The first-order chi connectivity index (χ1) is 12.3. The van der Waals surface area contributed by atoms with Crippen LogP contribution in [-0.4, -0.2) is 41.8 Å². The van der Waals surface area contributed by atoms with Gasteiger partial charge in [0.2, 0.25) is 10.0 Å². The van der Waals surface area contributed by atoms with Crippen LogP contribution in [0.15, 0.2) is 47.4 Å². The predicted octanol–water partition coefficient (Wildman–Crippen LogP) is 1.59. The van der Waals surface area contributed by atoms with Gasteiger partial charge >= 0.3 is 5.97 Å². The lowest BCUT2D eigenvalue weighted by molar-refractivity contribution is 0.0449. The molecule has 0 spiro atoms. The van der Waals surface area contributed by atoms with E-state index in [0.29, 0.717) is 22.8 Å². The number of methoxy groups -OCH3 is 2. The minimum Gasteiger partial charge on any atom is -0.497 e. The summed E-state index contributed by atoms with van der Waals surface area (Å²) >= 11 is 0. The summed E-state index contributed by atoms with van der Waals surface area (Å²) in [7, 11) is -0.774. The molecule has 8 nitrogen and oxygen atoms in total. The van der Waals surface area contributed by atoms with E-state index in [9.17, 15) is 13.2 Å². The molecule has 0 radical (unpaired) electrons. The molecule has 0 saturated heterocycles. The maximum atomic E-state index is 12.1. The molecular formula is C17H19NO7S. The van der Waals surface area contributed by atoms with Crippen molar-refractivity contribution in [3.63, 3.8) is 0 Å². The molecule has 2 aromatic rings. The molecule has 0 bridgehead atoms. The highest BCUT2D eigenvalue weighted by molar-refractivity contribution is 7.89. The Morgan fingerprint density at radius 2 is 1.50 bits per heavy atom. The average Bonchev–Trinajstić information content (AvgIpc) is 2.64. The Balaban J connectivity index is 1.87. The first-order valence-electron chi connectivity index (χ1n) is 7.49. The number of hydrogen-bond donors (Lipinski definition) is 1. The number of carbonyl (C=O) groups excluding carboxylic acids is 1. The van der Waals surface area contributed by atoms with Crippen molar-refractivity contribution in [2.24, 2.45) is 5.14 Å². The van der Waals surface area contributed by atoms with Gasteiger partial charge in [-0.25, -0.2) is 18.4 Å². The Morgan fingerprint density at radius 3 is 2.00 bits per heavy atom. The van der Waals surface area contributed by atoms with E-state index in [2.05, 4.69) is 0 Å². The topological polar surface area (TPSA) is 114 Å². The van der Waals surface area contributed by atoms with Gasteiger partial charge in [0.1, 0.15) is 30.5 Å². The number of esters is 1. The standard InChI is InChI=1S/C17H19NO7S/c1-22-14-9-12(10-15(11-14)23-2)17(19)25-8-7-24-13-3-5-16(6-4-13)26(18,20)21/h3-6,9-11H,7-8H2,1-2H3,(H2,18,20,21). The van der Waals surface area contributed by atoms with Crippen LogP contribution < -0.4 is 19.3 Å². The lowest BCUT2D eigenvalue weighted by atomic mass is 10.2. The third kappa shape index (κ3) is 5.36.